The molecule has 18 nitrogen and oxygen atoms in total. The standard InChI is InChI=1S/C13H21N6O12P3/c1-4-5-8(29-33(25,26)31-34(27,28)30-32(22,23)24)13(5,21)12(2,20)7(4)19-3-16-6-9(14)17-11(15)18-10(6)19/h3-5,7-8,20-21H,1-2H3,(H,25,26)(H,27,28)(H2,22,23,24)(H4,14,15,17,18)/t4-,5+,7+,8?,12-,13-/m0/s1. The van der Waals surface area contributed by atoms with Crippen molar-refractivity contribution in [3.8, 4) is 0 Å². The number of hydrogen-bond donors (Lipinski definition) is 8. The average Bonchev–Trinajstić information content (AvgIpc) is 2.91. The molecule has 0 bridgehead atoms. The van der Waals surface area contributed by atoms with E-state index in [2.05, 4.69) is 23.6 Å². The third-order valence-electron chi connectivity index (χ3n) is 6.04. The number of aliphatic hydroxyl groups is 2. The predicted octanol–water partition coefficient (Wildman–Crippen LogP) is -0.995. The molecule has 2 aromatic rings. The van der Waals surface area contributed by atoms with Crippen molar-refractivity contribution in [2.75, 3.05) is 11.5 Å². The minimum Gasteiger partial charge on any atom is -0.385 e. The summed E-state index contributed by atoms with van der Waals surface area (Å²) in [6.07, 6.45) is -0.268. The first-order valence-electron chi connectivity index (χ1n) is 9.33. The lowest BCUT2D eigenvalue weighted by molar-refractivity contribution is -0.115. The Balaban J connectivity index is 1.60. The Labute approximate surface area is 190 Å². The van der Waals surface area contributed by atoms with Crippen LogP contribution in [0.3, 0.4) is 0 Å². The maximum Gasteiger partial charge on any atom is 0.490 e. The minimum absolute atomic E-state index is 0.0130. The zero-order valence-electron chi connectivity index (χ0n) is 17.3. The SMILES string of the molecule is C[C@@H]1[C@@H](n2cnc3c(N)nc(N)nc32)[C@](C)(O)[C@@]2(O)C(OP(=O)(O)OP(=O)(O)OP(=O)(O)O)[C@@H]12. The Bertz CT molecular complexity index is 1310. The molecule has 2 aliphatic rings. The highest BCUT2D eigenvalue weighted by molar-refractivity contribution is 7.66. The fourth-order valence-corrected chi connectivity index (χ4v) is 8.13. The van der Waals surface area contributed by atoms with Gasteiger partial charge in [-0.15, -0.1) is 0 Å². The molecule has 190 valence electrons. The van der Waals surface area contributed by atoms with Gasteiger partial charge in [0.1, 0.15) is 22.8 Å². The molecule has 8 atom stereocenters. The Morgan fingerprint density at radius 2 is 1.68 bits per heavy atom. The maximum atomic E-state index is 12.2. The van der Waals surface area contributed by atoms with Gasteiger partial charge in [-0.25, -0.2) is 18.7 Å². The highest BCUT2D eigenvalue weighted by Gasteiger charge is 2.84. The Morgan fingerprint density at radius 3 is 2.21 bits per heavy atom. The zero-order chi connectivity index (χ0) is 25.6. The second kappa shape index (κ2) is 7.49. The summed E-state index contributed by atoms with van der Waals surface area (Å²) in [6, 6.07) is -0.915. The van der Waals surface area contributed by atoms with Crippen LogP contribution in [0.1, 0.15) is 19.9 Å². The van der Waals surface area contributed by atoms with E-state index in [1.54, 1.807) is 6.92 Å². The molecule has 0 aliphatic heterocycles. The van der Waals surface area contributed by atoms with Crippen LogP contribution in [0.4, 0.5) is 11.8 Å². The molecule has 2 heterocycles. The van der Waals surface area contributed by atoms with Crippen LogP contribution in [0.15, 0.2) is 6.33 Å². The number of imidazole rings is 1. The van der Waals surface area contributed by atoms with E-state index in [1.807, 2.05) is 0 Å². The van der Waals surface area contributed by atoms with E-state index in [0.717, 1.165) is 0 Å². The molecule has 10 N–H and O–H groups in total. The van der Waals surface area contributed by atoms with Crippen molar-refractivity contribution in [3.63, 3.8) is 0 Å². The van der Waals surface area contributed by atoms with Crippen LogP contribution in [0, 0.1) is 11.8 Å². The summed E-state index contributed by atoms with van der Waals surface area (Å²) in [7, 11) is -16.8. The van der Waals surface area contributed by atoms with Crippen molar-refractivity contribution in [1.29, 1.82) is 0 Å². The lowest BCUT2D eigenvalue weighted by atomic mass is 9.87. The molecule has 2 aliphatic carbocycles. The number of nitrogens with zero attached hydrogens (tertiary/aromatic N) is 4. The Kier molecular flexibility index (Phi) is 5.63. The molecule has 2 saturated carbocycles. The monoisotopic (exact) mass is 546 g/mol. The lowest BCUT2D eigenvalue weighted by Crippen LogP contribution is -2.49. The van der Waals surface area contributed by atoms with Gasteiger partial charge in [0.2, 0.25) is 5.95 Å². The fraction of sp³-hybridized carbons (Fsp3) is 0.615. The molecular formula is C13H21N6O12P3. The molecule has 0 saturated heterocycles. The van der Waals surface area contributed by atoms with Crippen LogP contribution < -0.4 is 11.5 Å². The van der Waals surface area contributed by atoms with Crippen LogP contribution in [0.5, 0.6) is 0 Å². The number of rotatable bonds is 7. The smallest absolute Gasteiger partial charge is 0.385 e. The summed E-state index contributed by atoms with van der Waals surface area (Å²) in [5.74, 6) is -1.84. The summed E-state index contributed by atoms with van der Waals surface area (Å²) in [5.41, 5.74) is 7.60. The van der Waals surface area contributed by atoms with Gasteiger partial charge in [0.15, 0.2) is 11.5 Å². The first-order valence-corrected chi connectivity index (χ1v) is 13.9. The Morgan fingerprint density at radius 1 is 1.06 bits per heavy atom. The molecule has 21 heteroatoms. The summed E-state index contributed by atoms with van der Waals surface area (Å²) in [6.45, 7) is 2.82. The second-order valence-corrected chi connectivity index (χ2v) is 12.6. The normalized spacial score (nSPS) is 36.7. The van der Waals surface area contributed by atoms with Gasteiger partial charge >= 0.3 is 23.5 Å². The second-order valence-electron chi connectivity index (χ2n) is 8.21. The molecular weight excluding hydrogens is 525 g/mol. The summed E-state index contributed by atoms with van der Waals surface area (Å²) in [4.78, 5) is 48.3. The summed E-state index contributed by atoms with van der Waals surface area (Å²) < 4.78 is 48.1. The Hall–Kier alpha value is -1.52. The third kappa shape index (κ3) is 3.99. The van der Waals surface area contributed by atoms with Gasteiger partial charge in [0, 0.05) is 5.92 Å². The molecule has 2 aromatic heterocycles. The number of fused-ring (bicyclic) bond motifs is 2. The minimum atomic E-state index is -5.75. The van der Waals surface area contributed by atoms with E-state index in [1.165, 1.54) is 17.8 Å². The van der Waals surface area contributed by atoms with Gasteiger partial charge < -0.3 is 45.8 Å². The van der Waals surface area contributed by atoms with Crippen LogP contribution >= 0.6 is 23.5 Å². The van der Waals surface area contributed by atoms with E-state index in [9.17, 15) is 33.7 Å². The van der Waals surface area contributed by atoms with E-state index in [-0.39, 0.29) is 22.9 Å². The molecule has 3 unspecified atom stereocenters. The van der Waals surface area contributed by atoms with Gasteiger partial charge in [0.25, 0.3) is 0 Å². The number of nitrogen functional groups attached to an aromatic ring is 2. The fourth-order valence-electron chi connectivity index (χ4n) is 4.89. The third-order valence-corrected chi connectivity index (χ3v) is 9.86. The van der Waals surface area contributed by atoms with Crippen LogP contribution in [-0.2, 0) is 26.8 Å². The lowest BCUT2D eigenvalue weighted by Gasteiger charge is -2.36. The van der Waals surface area contributed by atoms with Crippen LogP contribution in [0.2, 0.25) is 0 Å². The maximum absolute atomic E-state index is 12.2. The van der Waals surface area contributed by atoms with Crippen molar-refractivity contribution in [1.82, 2.24) is 19.5 Å². The number of aromatic nitrogens is 4. The van der Waals surface area contributed by atoms with Gasteiger partial charge in [0.05, 0.1) is 12.4 Å². The van der Waals surface area contributed by atoms with Crippen LogP contribution in [-0.4, -0.2) is 66.6 Å². The number of anilines is 2. The zero-order valence-corrected chi connectivity index (χ0v) is 20.0. The quantitative estimate of drug-likeness (QED) is 0.193. The summed E-state index contributed by atoms with van der Waals surface area (Å²) in [5, 5.41) is 22.4. The number of phosphoric acid groups is 3. The van der Waals surface area contributed by atoms with Gasteiger partial charge in [-0.05, 0) is 12.8 Å². The van der Waals surface area contributed by atoms with Gasteiger partial charge in [-0.2, -0.15) is 18.6 Å². The largest absolute Gasteiger partial charge is 0.490 e. The molecule has 0 aromatic carbocycles. The molecule has 0 radical (unpaired) electrons. The number of hydrogen-bond acceptors (Lipinski definition) is 13. The van der Waals surface area contributed by atoms with Crippen molar-refractivity contribution >= 4 is 46.4 Å². The van der Waals surface area contributed by atoms with E-state index in [4.69, 9.17) is 25.8 Å². The number of nitrogens with two attached hydrogens (primary N) is 2. The van der Waals surface area contributed by atoms with Crippen molar-refractivity contribution < 1.29 is 56.6 Å². The van der Waals surface area contributed by atoms with Crippen LogP contribution in [0.25, 0.3) is 11.2 Å². The van der Waals surface area contributed by atoms with Crippen molar-refractivity contribution in [3.05, 3.63) is 6.33 Å². The summed E-state index contributed by atoms with van der Waals surface area (Å²) >= 11 is 0. The first-order chi connectivity index (χ1) is 15.3. The topological polar surface area (TPSA) is 296 Å². The first kappa shape index (κ1) is 25.6. The molecule has 2 fully saturated rings. The van der Waals surface area contributed by atoms with E-state index >= 15 is 0 Å². The van der Waals surface area contributed by atoms with E-state index in [0.29, 0.717) is 0 Å². The van der Waals surface area contributed by atoms with Crippen molar-refractivity contribution in [2.45, 2.75) is 37.2 Å². The highest BCUT2D eigenvalue weighted by Crippen LogP contribution is 2.74. The molecule has 4 rings (SSSR count). The van der Waals surface area contributed by atoms with Crippen molar-refractivity contribution in [2.24, 2.45) is 11.8 Å². The average molecular weight is 546 g/mol. The van der Waals surface area contributed by atoms with E-state index < -0.39 is 58.7 Å². The molecule has 34 heavy (non-hydrogen) atoms. The van der Waals surface area contributed by atoms with Gasteiger partial charge in [-0.3, -0.25) is 4.52 Å². The van der Waals surface area contributed by atoms with Gasteiger partial charge in [-0.1, -0.05) is 6.92 Å². The predicted molar refractivity (Wildman–Crippen MR) is 110 cm³/mol. The highest BCUT2D eigenvalue weighted by atomic mass is 31.3. The number of phosphoric ester groups is 1. The molecule has 0 spiro atoms. The molecule has 0 amide bonds.